The normalized spacial score (nSPS) is 18.9. The second-order valence-corrected chi connectivity index (χ2v) is 7.80. The highest BCUT2D eigenvalue weighted by atomic mass is 32.1. The molecule has 0 radical (unpaired) electrons. The molecule has 1 aromatic heterocycles. The van der Waals surface area contributed by atoms with Gasteiger partial charge < -0.3 is 4.42 Å². The Morgan fingerprint density at radius 3 is 2.60 bits per heavy atom. The van der Waals surface area contributed by atoms with E-state index in [2.05, 4.69) is 39.0 Å². The summed E-state index contributed by atoms with van der Waals surface area (Å²) in [6, 6.07) is 6.99. The van der Waals surface area contributed by atoms with Crippen LogP contribution in [0, 0.1) is 0 Å². The van der Waals surface area contributed by atoms with E-state index in [1.165, 1.54) is 42.4 Å². The SMILES string of the molecule is CC(C)(C)c1ccc2oc(=NC3CCCCC3)sc2c1. The quantitative estimate of drug-likeness (QED) is 0.723. The van der Waals surface area contributed by atoms with Crippen LogP contribution in [-0.2, 0) is 5.41 Å². The van der Waals surface area contributed by atoms with Crippen LogP contribution in [0.25, 0.3) is 10.3 Å². The maximum Gasteiger partial charge on any atom is 0.274 e. The van der Waals surface area contributed by atoms with Crippen molar-refractivity contribution in [1.82, 2.24) is 0 Å². The Morgan fingerprint density at radius 1 is 1.15 bits per heavy atom. The third-order valence-corrected chi connectivity index (χ3v) is 4.97. The van der Waals surface area contributed by atoms with Gasteiger partial charge in [0.25, 0.3) is 4.87 Å². The summed E-state index contributed by atoms with van der Waals surface area (Å²) in [6.07, 6.45) is 6.43. The summed E-state index contributed by atoms with van der Waals surface area (Å²) in [4.78, 5) is 5.64. The van der Waals surface area contributed by atoms with Gasteiger partial charge in [-0.2, -0.15) is 0 Å². The van der Waals surface area contributed by atoms with Gasteiger partial charge in [0.15, 0.2) is 0 Å². The van der Waals surface area contributed by atoms with E-state index >= 15 is 0 Å². The summed E-state index contributed by atoms with van der Waals surface area (Å²) < 4.78 is 7.11. The maximum atomic E-state index is 5.89. The second kappa shape index (κ2) is 5.36. The highest BCUT2D eigenvalue weighted by Crippen LogP contribution is 2.27. The average molecular weight is 289 g/mol. The van der Waals surface area contributed by atoms with Crippen molar-refractivity contribution in [2.24, 2.45) is 4.99 Å². The number of hydrogen-bond donors (Lipinski definition) is 0. The third-order valence-electron chi connectivity index (χ3n) is 4.07. The van der Waals surface area contributed by atoms with Gasteiger partial charge in [-0.15, -0.1) is 0 Å². The van der Waals surface area contributed by atoms with E-state index in [1.807, 2.05) is 0 Å². The number of rotatable bonds is 1. The van der Waals surface area contributed by atoms with Crippen LogP contribution in [0.15, 0.2) is 27.6 Å². The fraction of sp³-hybridized carbons (Fsp3) is 0.588. The summed E-state index contributed by atoms with van der Waals surface area (Å²) in [5, 5.41) is 0. The molecule has 1 aliphatic carbocycles. The molecule has 0 spiro atoms. The lowest BCUT2D eigenvalue weighted by Gasteiger charge is -2.18. The zero-order chi connectivity index (χ0) is 14.2. The molecule has 0 saturated heterocycles. The van der Waals surface area contributed by atoms with Crippen molar-refractivity contribution in [3.05, 3.63) is 28.6 Å². The van der Waals surface area contributed by atoms with Crippen LogP contribution in [0.4, 0.5) is 0 Å². The molecule has 3 heteroatoms. The van der Waals surface area contributed by atoms with Crippen molar-refractivity contribution in [2.45, 2.75) is 64.3 Å². The number of hydrogen-bond acceptors (Lipinski definition) is 3. The molecule has 1 aliphatic rings. The van der Waals surface area contributed by atoms with Gasteiger partial charge in [0.05, 0.1) is 10.7 Å². The predicted octanol–water partition coefficient (Wildman–Crippen LogP) is 5.03. The molecule has 1 fully saturated rings. The molecule has 0 aliphatic heterocycles. The van der Waals surface area contributed by atoms with Gasteiger partial charge >= 0.3 is 0 Å². The minimum absolute atomic E-state index is 0.179. The summed E-state index contributed by atoms with van der Waals surface area (Å²) in [5.74, 6) is 0. The Balaban J connectivity index is 1.96. The Kier molecular flexibility index (Phi) is 3.72. The molecule has 3 rings (SSSR count). The monoisotopic (exact) mass is 289 g/mol. The smallest absolute Gasteiger partial charge is 0.274 e. The Morgan fingerprint density at radius 2 is 1.90 bits per heavy atom. The lowest BCUT2D eigenvalue weighted by atomic mass is 9.87. The van der Waals surface area contributed by atoms with Crippen LogP contribution in [0.1, 0.15) is 58.4 Å². The molecule has 0 atom stereocenters. The van der Waals surface area contributed by atoms with E-state index in [9.17, 15) is 0 Å². The molecular formula is C17H23NOS. The van der Waals surface area contributed by atoms with Crippen LogP contribution in [0.2, 0.25) is 0 Å². The van der Waals surface area contributed by atoms with Crippen LogP contribution >= 0.6 is 11.3 Å². The van der Waals surface area contributed by atoms with E-state index < -0.39 is 0 Å². The van der Waals surface area contributed by atoms with E-state index in [0.717, 1.165) is 10.5 Å². The standard InChI is InChI=1S/C17H23NOS/c1-17(2,3)12-9-10-14-15(11-12)20-16(19-14)18-13-7-5-4-6-8-13/h9-11,13H,4-8H2,1-3H3. The van der Waals surface area contributed by atoms with Crippen molar-refractivity contribution in [1.29, 1.82) is 0 Å². The first-order valence-corrected chi connectivity index (χ1v) is 8.42. The molecule has 1 saturated carbocycles. The first kappa shape index (κ1) is 13.9. The highest BCUT2D eigenvalue weighted by Gasteiger charge is 2.16. The van der Waals surface area contributed by atoms with Gasteiger partial charge in [-0.05, 0) is 36.0 Å². The minimum Gasteiger partial charge on any atom is -0.430 e. The zero-order valence-electron chi connectivity index (χ0n) is 12.6. The first-order valence-electron chi connectivity index (χ1n) is 7.60. The van der Waals surface area contributed by atoms with Gasteiger partial charge in [-0.3, -0.25) is 0 Å². The molecular weight excluding hydrogens is 266 g/mol. The van der Waals surface area contributed by atoms with Crippen LogP contribution in [-0.4, -0.2) is 6.04 Å². The fourth-order valence-electron chi connectivity index (χ4n) is 2.76. The van der Waals surface area contributed by atoms with Gasteiger partial charge in [0.2, 0.25) is 0 Å². The second-order valence-electron chi connectivity index (χ2n) is 6.80. The molecule has 2 nitrogen and oxygen atoms in total. The Hall–Kier alpha value is -1.09. The number of nitrogens with zero attached hydrogens (tertiary/aromatic N) is 1. The minimum atomic E-state index is 0.179. The molecule has 108 valence electrons. The largest absolute Gasteiger partial charge is 0.430 e. The first-order chi connectivity index (χ1) is 9.52. The van der Waals surface area contributed by atoms with Gasteiger partial charge in [0, 0.05) is 0 Å². The van der Waals surface area contributed by atoms with Gasteiger partial charge in [-0.1, -0.05) is 57.4 Å². The number of benzene rings is 1. The van der Waals surface area contributed by atoms with Crippen molar-refractivity contribution in [3.63, 3.8) is 0 Å². The third kappa shape index (κ3) is 2.98. The van der Waals surface area contributed by atoms with E-state index in [-0.39, 0.29) is 5.41 Å². The molecule has 0 N–H and O–H groups in total. The molecule has 0 amide bonds. The maximum absolute atomic E-state index is 5.89. The van der Waals surface area contributed by atoms with Crippen molar-refractivity contribution >= 4 is 21.6 Å². The van der Waals surface area contributed by atoms with Crippen molar-refractivity contribution < 1.29 is 4.42 Å². The molecule has 0 unspecified atom stereocenters. The Bertz CT molecular complexity index is 653. The number of fused-ring (bicyclic) bond motifs is 1. The van der Waals surface area contributed by atoms with Crippen LogP contribution in [0.3, 0.4) is 0 Å². The predicted molar refractivity (Wildman–Crippen MR) is 85.2 cm³/mol. The van der Waals surface area contributed by atoms with Gasteiger partial charge in [-0.25, -0.2) is 4.99 Å². The van der Waals surface area contributed by atoms with E-state index in [0.29, 0.717) is 6.04 Å². The van der Waals surface area contributed by atoms with Crippen LogP contribution in [0.5, 0.6) is 0 Å². The lowest BCUT2D eigenvalue weighted by molar-refractivity contribution is 0.422. The molecule has 1 aromatic carbocycles. The van der Waals surface area contributed by atoms with Crippen LogP contribution < -0.4 is 4.87 Å². The summed E-state index contributed by atoms with van der Waals surface area (Å²) >= 11 is 1.69. The topological polar surface area (TPSA) is 25.5 Å². The van der Waals surface area contributed by atoms with Crippen molar-refractivity contribution in [3.8, 4) is 0 Å². The molecule has 1 heterocycles. The average Bonchev–Trinajstić information content (AvgIpc) is 2.80. The molecule has 2 aromatic rings. The highest BCUT2D eigenvalue weighted by molar-refractivity contribution is 7.16. The summed E-state index contributed by atoms with van der Waals surface area (Å²) in [7, 11) is 0. The van der Waals surface area contributed by atoms with E-state index in [1.54, 1.807) is 11.3 Å². The summed E-state index contributed by atoms with van der Waals surface area (Å²) in [5.41, 5.74) is 2.50. The lowest BCUT2D eigenvalue weighted by Crippen LogP contribution is -2.12. The zero-order valence-corrected chi connectivity index (χ0v) is 13.4. The molecule has 0 bridgehead atoms. The van der Waals surface area contributed by atoms with E-state index in [4.69, 9.17) is 9.41 Å². The Labute approximate surface area is 124 Å². The fourth-order valence-corrected chi connectivity index (χ4v) is 3.68. The van der Waals surface area contributed by atoms with Crippen molar-refractivity contribution in [2.75, 3.05) is 0 Å². The molecule has 20 heavy (non-hydrogen) atoms. The van der Waals surface area contributed by atoms with Gasteiger partial charge in [0.1, 0.15) is 5.58 Å². The summed E-state index contributed by atoms with van der Waals surface area (Å²) in [6.45, 7) is 6.73.